The number of aliphatic hydroxyl groups excluding tert-OH is 1. The Morgan fingerprint density at radius 2 is 1.62 bits per heavy atom. The Bertz CT molecular complexity index is 377. The summed E-state index contributed by atoms with van der Waals surface area (Å²) in [6.45, 7) is 0. The largest absolute Gasteiger partial charge is 0.393 e. The minimum Gasteiger partial charge on any atom is -0.393 e. The summed E-state index contributed by atoms with van der Waals surface area (Å²) in [6, 6.07) is 10.6. The van der Waals surface area contributed by atoms with Gasteiger partial charge in [-0.1, -0.05) is 42.0 Å². The van der Waals surface area contributed by atoms with Crippen molar-refractivity contribution in [3.63, 3.8) is 0 Å². The van der Waals surface area contributed by atoms with Crippen molar-refractivity contribution in [3.05, 3.63) is 41.5 Å². The second kappa shape index (κ2) is 4.06. The SMILES string of the molecule is OC1C[C@H]2CC[C@@H](C1)C2=Cc1ccccc1. The minimum absolute atomic E-state index is 0.0505. The Morgan fingerprint density at radius 3 is 2.25 bits per heavy atom. The number of rotatable bonds is 1. The summed E-state index contributed by atoms with van der Waals surface area (Å²) in [4.78, 5) is 0. The lowest BCUT2D eigenvalue weighted by atomic mass is 9.81. The molecule has 1 unspecified atom stereocenters. The molecule has 0 aromatic heterocycles. The van der Waals surface area contributed by atoms with Crippen molar-refractivity contribution in [2.45, 2.75) is 31.8 Å². The highest BCUT2D eigenvalue weighted by Gasteiger charge is 2.37. The molecule has 1 aromatic rings. The Labute approximate surface area is 96.8 Å². The number of allylic oxidation sites excluding steroid dienone is 1. The molecule has 2 bridgehead atoms. The average molecular weight is 214 g/mol. The molecule has 3 atom stereocenters. The molecular weight excluding hydrogens is 196 g/mol. The van der Waals surface area contributed by atoms with Gasteiger partial charge in [0.25, 0.3) is 0 Å². The Kier molecular flexibility index (Phi) is 2.56. The standard InChI is InChI=1S/C15H18O/c16-14-9-12-6-7-13(10-14)15(12)8-11-4-2-1-3-5-11/h1-5,8,12-14,16H,6-7,9-10H2/t12-,13+,14?. The Balaban J connectivity index is 1.88. The van der Waals surface area contributed by atoms with Crippen LogP contribution in [0.2, 0.25) is 0 Å². The number of hydrogen-bond donors (Lipinski definition) is 1. The van der Waals surface area contributed by atoms with Gasteiger partial charge >= 0.3 is 0 Å². The van der Waals surface area contributed by atoms with E-state index in [0.717, 1.165) is 12.8 Å². The quantitative estimate of drug-likeness (QED) is 0.760. The van der Waals surface area contributed by atoms with E-state index in [4.69, 9.17) is 0 Å². The second-order valence-electron chi connectivity index (χ2n) is 5.15. The molecule has 16 heavy (non-hydrogen) atoms. The lowest BCUT2D eigenvalue weighted by molar-refractivity contribution is 0.119. The van der Waals surface area contributed by atoms with Crippen LogP contribution >= 0.6 is 0 Å². The Hall–Kier alpha value is -1.08. The normalized spacial score (nSPS) is 35.6. The van der Waals surface area contributed by atoms with Gasteiger partial charge in [-0.15, -0.1) is 0 Å². The van der Waals surface area contributed by atoms with Crippen LogP contribution in [0.15, 0.2) is 35.9 Å². The second-order valence-corrected chi connectivity index (χ2v) is 5.15. The van der Waals surface area contributed by atoms with Gasteiger partial charge in [-0.3, -0.25) is 0 Å². The first kappa shape index (κ1) is 10.1. The van der Waals surface area contributed by atoms with Crippen LogP contribution in [-0.2, 0) is 0 Å². The number of benzene rings is 1. The first-order valence-electron chi connectivity index (χ1n) is 6.27. The fraction of sp³-hybridized carbons (Fsp3) is 0.467. The molecule has 1 aromatic carbocycles. The van der Waals surface area contributed by atoms with Crippen molar-refractivity contribution >= 4 is 6.08 Å². The highest BCUT2D eigenvalue weighted by atomic mass is 16.3. The fourth-order valence-corrected chi connectivity index (χ4v) is 3.31. The maximum Gasteiger partial charge on any atom is 0.0551 e. The van der Waals surface area contributed by atoms with Crippen LogP contribution in [0, 0.1) is 11.8 Å². The molecule has 1 N–H and O–H groups in total. The van der Waals surface area contributed by atoms with Gasteiger partial charge in [0.15, 0.2) is 0 Å². The summed E-state index contributed by atoms with van der Waals surface area (Å²) in [5.74, 6) is 1.29. The van der Waals surface area contributed by atoms with Gasteiger partial charge in [-0.2, -0.15) is 0 Å². The lowest BCUT2D eigenvalue weighted by Gasteiger charge is -2.27. The predicted molar refractivity (Wildman–Crippen MR) is 65.9 cm³/mol. The highest BCUT2D eigenvalue weighted by molar-refractivity contribution is 5.55. The van der Waals surface area contributed by atoms with E-state index in [0.29, 0.717) is 11.8 Å². The minimum atomic E-state index is -0.0505. The van der Waals surface area contributed by atoms with Crippen molar-refractivity contribution in [2.24, 2.45) is 11.8 Å². The van der Waals surface area contributed by atoms with E-state index >= 15 is 0 Å². The Morgan fingerprint density at radius 1 is 1.00 bits per heavy atom. The molecular formula is C15H18O. The van der Waals surface area contributed by atoms with E-state index in [1.807, 2.05) is 0 Å². The third kappa shape index (κ3) is 1.80. The highest BCUT2D eigenvalue weighted by Crippen LogP contribution is 2.47. The zero-order valence-electron chi connectivity index (χ0n) is 9.47. The number of aliphatic hydroxyl groups is 1. The van der Waals surface area contributed by atoms with Crippen molar-refractivity contribution in [2.75, 3.05) is 0 Å². The smallest absolute Gasteiger partial charge is 0.0551 e. The van der Waals surface area contributed by atoms with E-state index in [1.165, 1.54) is 18.4 Å². The first-order chi connectivity index (χ1) is 7.83. The van der Waals surface area contributed by atoms with Crippen LogP contribution in [0.5, 0.6) is 0 Å². The van der Waals surface area contributed by atoms with Gasteiger partial charge < -0.3 is 5.11 Å². The van der Waals surface area contributed by atoms with Gasteiger partial charge in [0.05, 0.1) is 6.10 Å². The molecule has 0 radical (unpaired) electrons. The van der Waals surface area contributed by atoms with E-state index < -0.39 is 0 Å². The van der Waals surface area contributed by atoms with Crippen LogP contribution in [0.3, 0.4) is 0 Å². The topological polar surface area (TPSA) is 20.2 Å². The zero-order chi connectivity index (χ0) is 11.0. The molecule has 2 aliphatic carbocycles. The molecule has 1 nitrogen and oxygen atoms in total. The third-order valence-corrected chi connectivity index (χ3v) is 4.05. The van der Waals surface area contributed by atoms with Gasteiger partial charge in [-0.25, -0.2) is 0 Å². The number of hydrogen-bond acceptors (Lipinski definition) is 1. The summed E-state index contributed by atoms with van der Waals surface area (Å²) in [6.07, 6.45) is 6.82. The molecule has 0 amide bonds. The molecule has 2 saturated carbocycles. The molecule has 84 valence electrons. The van der Waals surface area contributed by atoms with Gasteiger partial charge in [-0.05, 0) is 43.1 Å². The third-order valence-electron chi connectivity index (χ3n) is 4.05. The van der Waals surface area contributed by atoms with Crippen LogP contribution in [0.1, 0.15) is 31.2 Å². The molecule has 0 saturated heterocycles. The van der Waals surface area contributed by atoms with Crippen molar-refractivity contribution in [1.29, 1.82) is 0 Å². The summed E-state index contributed by atoms with van der Waals surface area (Å²) in [7, 11) is 0. The van der Waals surface area contributed by atoms with E-state index in [-0.39, 0.29) is 6.10 Å². The molecule has 1 heteroatoms. The van der Waals surface area contributed by atoms with Gasteiger partial charge in [0, 0.05) is 0 Å². The van der Waals surface area contributed by atoms with E-state index in [2.05, 4.69) is 36.4 Å². The molecule has 2 aliphatic rings. The van der Waals surface area contributed by atoms with Gasteiger partial charge in [0.2, 0.25) is 0 Å². The molecule has 0 spiro atoms. The molecule has 0 aliphatic heterocycles. The predicted octanol–water partition coefficient (Wildman–Crippen LogP) is 3.25. The summed E-state index contributed by atoms with van der Waals surface area (Å²) >= 11 is 0. The molecule has 0 heterocycles. The summed E-state index contributed by atoms with van der Waals surface area (Å²) < 4.78 is 0. The maximum absolute atomic E-state index is 9.75. The van der Waals surface area contributed by atoms with Crippen molar-refractivity contribution in [1.82, 2.24) is 0 Å². The van der Waals surface area contributed by atoms with Crippen molar-refractivity contribution < 1.29 is 5.11 Å². The summed E-state index contributed by atoms with van der Waals surface area (Å²) in [5.41, 5.74) is 2.90. The summed E-state index contributed by atoms with van der Waals surface area (Å²) in [5, 5.41) is 9.75. The average Bonchev–Trinajstić information content (AvgIpc) is 2.54. The maximum atomic E-state index is 9.75. The molecule has 2 fully saturated rings. The van der Waals surface area contributed by atoms with E-state index in [1.54, 1.807) is 5.57 Å². The zero-order valence-corrected chi connectivity index (χ0v) is 9.47. The van der Waals surface area contributed by atoms with E-state index in [9.17, 15) is 5.11 Å². The molecule has 3 rings (SSSR count). The van der Waals surface area contributed by atoms with Crippen LogP contribution in [0.25, 0.3) is 6.08 Å². The first-order valence-corrected chi connectivity index (χ1v) is 6.27. The van der Waals surface area contributed by atoms with Crippen LogP contribution in [-0.4, -0.2) is 11.2 Å². The van der Waals surface area contributed by atoms with Crippen molar-refractivity contribution in [3.8, 4) is 0 Å². The van der Waals surface area contributed by atoms with Crippen LogP contribution < -0.4 is 0 Å². The van der Waals surface area contributed by atoms with Crippen LogP contribution in [0.4, 0.5) is 0 Å². The monoisotopic (exact) mass is 214 g/mol. The fourth-order valence-electron chi connectivity index (χ4n) is 3.31. The number of fused-ring (bicyclic) bond motifs is 2. The lowest BCUT2D eigenvalue weighted by Crippen LogP contribution is -2.22. The van der Waals surface area contributed by atoms with Gasteiger partial charge in [0.1, 0.15) is 0 Å².